The lowest BCUT2D eigenvalue weighted by Gasteiger charge is -2.17. The Morgan fingerprint density at radius 2 is 2.33 bits per heavy atom. The Morgan fingerprint density at radius 1 is 1.58 bits per heavy atom. The van der Waals surface area contributed by atoms with Crippen molar-refractivity contribution < 1.29 is 0 Å². The van der Waals surface area contributed by atoms with Crippen LogP contribution < -0.4 is 16.4 Å². The van der Waals surface area contributed by atoms with Crippen LogP contribution in [0.15, 0.2) is 11.9 Å². The van der Waals surface area contributed by atoms with Gasteiger partial charge in [-0.05, 0) is 12.3 Å². The van der Waals surface area contributed by atoms with Gasteiger partial charge in [-0.25, -0.2) is 0 Å². The molecule has 1 rings (SSSR count). The number of nitrogens with one attached hydrogen (secondary N) is 2. The first-order valence-electron chi connectivity index (χ1n) is 4.61. The first-order chi connectivity index (χ1) is 5.74. The molecule has 0 amide bonds. The summed E-state index contributed by atoms with van der Waals surface area (Å²) in [6.07, 6.45) is 3.21. The highest BCUT2D eigenvalue weighted by Crippen LogP contribution is 2.17. The molecule has 1 aliphatic heterocycles. The van der Waals surface area contributed by atoms with E-state index >= 15 is 0 Å². The highest BCUT2D eigenvalue weighted by Gasteiger charge is 2.16. The Bertz CT molecular complexity index is 163. The molecule has 0 saturated heterocycles. The van der Waals surface area contributed by atoms with E-state index in [0.29, 0.717) is 11.8 Å². The predicted molar refractivity (Wildman–Crippen MR) is 51.2 cm³/mol. The molecule has 3 nitrogen and oxygen atoms in total. The summed E-state index contributed by atoms with van der Waals surface area (Å²) in [5.74, 6) is 1.21. The molecule has 1 unspecified atom stereocenters. The fourth-order valence-electron chi connectivity index (χ4n) is 1.55. The molecule has 4 N–H and O–H groups in total. The second-order valence-corrected chi connectivity index (χ2v) is 3.72. The summed E-state index contributed by atoms with van der Waals surface area (Å²) in [4.78, 5) is 0. The maximum absolute atomic E-state index is 5.69. The van der Waals surface area contributed by atoms with Gasteiger partial charge in [-0.15, -0.1) is 0 Å². The third-order valence-corrected chi connectivity index (χ3v) is 2.13. The van der Waals surface area contributed by atoms with Crippen LogP contribution in [0.1, 0.15) is 20.3 Å². The fraction of sp³-hybridized carbons (Fsp3) is 0.778. The van der Waals surface area contributed by atoms with E-state index in [1.807, 2.05) is 6.20 Å². The topological polar surface area (TPSA) is 50.1 Å². The summed E-state index contributed by atoms with van der Waals surface area (Å²) < 4.78 is 0. The second kappa shape index (κ2) is 4.36. The van der Waals surface area contributed by atoms with E-state index in [9.17, 15) is 0 Å². The molecule has 0 fully saturated rings. The van der Waals surface area contributed by atoms with Crippen molar-refractivity contribution in [3.63, 3.8) is 0 Å². The fourth-order valence-corrected chi connectivity index (χ4v) is 1.55. The van der Waals surface area contributed by atoms with Gasteiger partial charge in [0.15, 0.2) is 0 Å². The molecule has 0 aromatic rings. The predicted octanol–water partition coefficient (Wildman–Crippen LogP) is 0.599. The van der Waals surface area contributed by atoms with Crippen molar-refractivity contribution in [1.29, 1.82) is 0 Å². The first-order valence-corrected chi connectivity index (χ1v) is 4.61. The highest BCUT2D eigenvalue weighted by atomic mass is 15.1. The van der Waals surface area contributed by atoms with Crippen LogP contribution in [0.2, 0.25) is 0 Å². The van der Waals surface area contributed by atoms with E-state index in [0.717, 1.165) is 19.6 Å². The van der Waals surface area contributed by atoms with E-state index in [-0.39, 0.29) is 0 Å². The van der Waals surface area contributed by atoms with Gasteiger partial charge in [-0.1, -0.05) is 13.8 Å². The van der Waals surface area contributed by atoms with Crippen LogP contribution in [-0.4, -0.2) is 13.2 Å². The van der Waals surface area contributed by atoms with Crippen LogP contribution in [0, 0.1) is 11.8 Å². The van der Waals surface area contributed by atoms with Crippen molar-refractivity contribution in [3.05, 3.63) is 11.9 Å². The summed E-state index contributed by atoms with van der Waals surface area (Å²) in [6.45, 7) is 6.04. The van der Waals surface area contributed by atoms with Crippen molar-refractivity contribution in [3.8, 4) is 0 Å². The van der Waals surface area contributed by atoms with Gasteiger partial charge < -0.3 is 16.4 Å². The smallest absolute Gasteiger partial charge is 0.0843 e. The van der Waals surface area contributed by atoms with E-state index in [1.165, 1.54) is 5.70 Å². The summed E-state index contributed by atoms with van der Waals surface area (Å²) in [6, 6.07) is 0. The summed E-state index contributed by atoms with van der Waals surface area (Å²) in [5.41, 5.74) is 6.96. The average Bonchev–Trinajstić information content (AvgIpc) is 2.51. The van der Waals surface area contributed by atoms with Gasteiger partial charge in [-0.2, -0.15) is 0 Å². The zero-order chi connectivity index (χ0) is 8.97. The second-order valence-electron chi connectivity index (χ2n) is 3.72. The van der Waals surface area contributed by atoms with Crippen molar-refractivity contribution in [2.24, 2.45) is 17.6 Å². The van der Waals surface area contributed by atoms with E-state index in [4.69, 9.17) is 5.73 Å². The largest absolute Gasteiger partial charge is 0.372 e. The van der Waals surface area contributed by atoms with Crippen molar-refractivity contribution in [2.75, 3.05) is 13.2 Å². The molecule has 0 radical (unpaired) electrons. The van der Waals surface area contributed by atoms with E-state index in [1.54, 1.807) is 0 Å². The van der Waals surface area contributed by atoms with Crippen LogP contribution in [0.4, 0.5) is 0 Å². The monoisotopic (exact) mass is 169 g/mol. The molecule has 0 aliphatic carbocycles. The minimum Gasteiger partial charge on any atom is -0.372 e. The Morgan fingerprint density at radius 3 is 2.75 bits per heavy atom. The van der Waals surface area contributed by atoms with Gasteiger partial charge in [0.1, 0.15) is 0 Å². The Balaban J connectivity index is 2.43. The lowest BCUT2D eigenvalue weighted by atomic mass is 9.95. The maximum Gasteiger partial charge on any atom is 0.0843 e. The third-order valence-electron chi connectivity index (χ3n) is 2.13. The van der Waals surface area contributed by atoms with Crippen LogP contribution in [-0.2, 0) is 0 Å². The molecule has 0 bridgehead atoms. The van der Waals surface area contributed by atoms with Crippen LogP contribution in [0.3, 0.4) is 0 Å². The third kappa shape index (κ3) is 2.41. The summed E-state index contributed by atoms with van der Waals surface area (Å²) in [5, 5.41) is 6.41. The summed E-state index contributed by atoms with van der Waals surface area (Å²) >= 11 is 0. The Labute approximate surface area is 74.4 Å². The van der Waals surface area contributed by atoms with Gasteiger partial charge in [0, 0.05) is 24.4 Å². The molecule has 3 heteroatoms. The molecule has 0 spiro atoms. The molecular weight excluding hydrogens is 150 g/mol. The van der Waals surface area contributed by atoms with Gasteiger partial charge in [0.2, 0.25) is 0 Å². The minimum atomic E-state index is 0.500. The van der Waals surface area contributed by atoms with Gasteiger partial charge in [-0.3, -0.25) is 0 Å². The van der Waals surface area contributed by atoms with Crippen molar-refractivity contribution in [2.45, 2.75) is 20.3 Å². The van der Waals surface area contributed by atoms with Crippen molar-refractivity contribution >= 4 is 0 Å². The van der Waals surface area contributed by atoms with Gasteiger partial charge in [0.05, 0.1) is 6.67 Å². The first kappa shape index (κ1) is 9.39. The molecule has 1 atom stereocenters. The quantitative estimate of drug-likeness (QED) is 0.577. The van der Waals surface area contributed by atoms with Gasteiger partial charge >= 0.3 is 0 Å². The molecular formula is C9H19N3. The van der Waals surface area contributed by atoms with Crippen molar-refractivity contribution in [1.82, 2.24) is 10.6 Å². The normalized spacial score (nSPS) is 18.5. The molecule has 12 heavy (non-hydrogen) atoms. The number of rotatable bonds is 4. The maximum atomic E-state index is 5.69. The summed E-state index contributed by atoms with van der Waals surface area (Å²) in [7, 11) is 0. The van der Waals surface area contributed by atoms with Gasteiger partial charge in [0.25, 0.3) is 0 Å². The number of nitrogens with two attached hydrogens (primary N) is 1. The minimum absolute atomic E-state index is 0.500. The molecule has 0 saturated carbocycles. The van der Waals surface area contributed by atoms with E-state index < -0.39 is 0 Å². The number of hydrogen-bond acceptors (Lipinski definition) is 3. The Kier molecular flexibility index (Phi) is 3.41. The molecule has 0 aromatic carbocycles. The average molecular weight is 169 g/mol. The van der Waals surface area contributed by atoms with Crippen LogP contribution >= 0.6 is 0 Å². The molecule has 70 valence electrons. The Hall–Kier alpha value is -0.700. The van der Waals surface area contributed by atoms with E-state index in [2.05, 4.69) is 24.5 Å². The zero-order valence-electron chi connectivity index (χ0n) is 7.93. The number of hydrogen-bond donors (Lipinski definition) is 3. The van der Waals surface area contributed by atoms with Crippen LogP contribution in [0.25, 0.3) is 0 Å². The molecule has 0 aromatic heterocycles. The van der Waals surface area contributed by atoms with Crippen LogP contribution in [0.5, 0.6) is 0 Å². The lowest BCUT2D eigenvalue weighted by Crippen LogP contribution is -2.25. The highest BCUT2D eigenvalue weighted by molar-refractivity contribution is 5.08. The zero-order valence-corrected chi connectivity index (χ0v) is 7.93. The lowest BCUT2D eigenvalue weighted by molar-refractivity contribution is 0.450. The molecule has 1 aliphatic rings. The molecule has 1 heterocycles. The standard InChI is InChI=1S/C9H19N3/c1-7(2)3-8(4-10)9-5-11-6-12-9/h5,7-8,11-12H,3-4,6,10H2,1-2H3. The SMILES string of the molecule is CC(C)CC(CN)C1=CNCN1.